The van der Waals surface area contributed by atoms with Crippen molar-refractivity contribution in [3.8, 4) is 0 Å². The predicted molar refractivity (Wildman–Crippen MR) is 93.1 cm³/mol. The molecular weight excluding hydrogens is 328 g/mol. The van der Waals surface area contributed by atoms with Crippen molar-refractivity contribution in [3.05, 3.63) is 34.9 Å². The van der Waals surface area contributed by atoms with Crippen LogP contribution in [0.1, 0.15) is 18.4 Å². The molecule has 2 aliphatic heterocycles. The van der Waals surface area contributed by atoms with Gasteiger partial charge >= 0.3 is 0 Å². The molecule has 2 fully saturated rings. The topological polar surface area (TPSA) is 42.0 Å². The van der Waals surface area contributed by atoms with Gasteiger partial charge in [0.25, 0.3) is 0 Å². The SMILES string of the molecule is CN(C)C(=O)CO[C@@H]1CCOC2(C1)CN(Cc1cccc(Cl)c1)C2. The highest BCUT2D eigenvalue weighted by molar-refractivity contribution is 6.30. The zero-order valence-electron chi connectivity index (χ0n) is 14.3. The molecule has 2 aliphatic rings. The number of rotatable bonds is 5. The fourth-order valence-corrected chi connectivity index (χ4v) is 3.65. The number of carbonyl (C=O) groups excluding carboxylic acids is 1. The van der Waals surface area contributed by atoms with E-state index in [1.54, 1.807) is 19.0 Å². The molecule has 1 atom stereocenters. The van der Waals surface area contributed by atoms with Crippen LogP contribution in [0.15, 0.2) is 24.3 Å². The van der Waals surface area contributed by atoms with Crippen LogP contribution in [0.4, 0.5) is 0 Å². The molecule has 6 heteroatoms. The molecule has 1 aromatic rings. The maximum absolute atomic E-state index is 11.7. The highest BCUT2D eigenvalue weighted by Gasteiger charge is 2.47. The van der Waals surface area contributed by atoms with Crippen molar-refractivity contribution in [2.24, 2.45) is 0 Å². The third-order valence-electron chi connectivity index (χ3n) is 4.71. The first-order chi connectivity index (χ1) is 11.5. The summed E-state index contributed by atoms with van der Waals surface area (Å²) in [5.41, 5.74) is 1.11. The Hall–Kier alpha value is -1.14. The molecule has 0 N–H and O–H groups in total. The zero-order chi connectivity index (χ0) is 17.2. The second-order valence-electron chi connectivity index (χ2n) is 7.02. The van der Waals surface area contributed by atoms with Gasteiger partial charge in [0.2, 0.25) is 5.91 Å². The normalized spacial score (nSPS) is 23.0. The predicted octanol–water partition coefficient (Wildman–Crippen LogP) is 2.18. The van der Waals surface area contributed by atoms with E-state index in [1.807, 2.05) is 18.2 Å². The van der Waals surface area contributed by atoms with Gasteiger partial charge in [0.1, 0.15) is 6.61 Å². The Labute approximate surface area is 148 Å². The lowest BCUT2D eigenvalue weighted by atomic mass is 9.84. The molecule has 3 rings (SSSR count). The first-order valence-corrected chi connectivity index (χ1v) is 8.76. The summed E-state index contributed by atoms with van der Waals surface area (Å²) in [4.78, 5) is 15.6. The quantitative estimate of drug-likeness (QED) is 0.814. The Bertz CT molecular complexity index is 587. The number of amides is 1. The van der Waals surface area contributed by atoms with Gasteiger partial charge in [-0.1, -0.05) is 23.7 Å². The number of carbonyl (C=O) groups is 1. The lowest BCUT2D eigenvalue weighted by Crippen LogP contribution is -2.65. The van der Waals surface area contributed by atoms with Crippen LogP contribution < -0.4 is 0 Å². The number of hydrogen-bond donors (Lipinski definition) is 0. The molecule has 1 aromatic carbocycles. The Morgan fingerprint density at radius 2 is 2.25 bits per heavy atom. The third kappa shape index (κ3) is 4.28. The Morgan fingerprint density at radius 1 is 1.46 bits per heavy atom. The lowest BCUT2D eigenvalue weighted by Gasteiger charge is -2.53. The molecule has 0 aliphatic carbocycles. The van der Waals surface area contributed by atoms with E-state index in [4.69, 9.17) is 21.1 Å². The molecule has 2 saturated heterocycles. The number of halogens is 1. The molecule has 132 valence electrons. The fraction of sp³-hybridized carbons (Fsp3) is 0.611. The summed E-state index contributed by atoms with van der Waals surface area (Å²) in [6.07, 6.45) is 1.83. The van der Waals surface area contributed by atoms with Gasteiger partial charge in [-0.2, -0.15) is 0 Å². The van der Waals surface area contributed by atoms with Gasteiger partial charge in [-0.3, -0.25) is 9.69 Å². The van der Waals surface area contributed by atoms with Gasteiger partial charge < -0.3 is 14.4 Å². The number of ether oxygens (including phenoxy) is 2. The van der Waals surface area contributed by atoms with Crippen molar-refractivity contribution in [3.63, 3.8) is 0 Å². The second-order valence-corrected chi connectivity index (χ2v) is 7.46. The third-order valence-corrected chi connectivity index (χ3v) is 4.94. The molecule has 0 radical (unpaired) electrons. The Morgan fingerprint density at radius 3 is 2.96 bits per heavy atom. The minimum atomic E-state index is -0.108. The first kappa shape index (κ1) is 17.7. The fourth-order valence-electron chi connectivity index (χ4n) is 3.44. The smallest absolute Gasteiger partial charge is 0.248 e. The van der Waals surface area contributed by atoms with Gasteiger partial charge in [-0.05, 0) is 24.1 Å². The molecule has 24 heavy (non-hydrogen) atoms. The molecule has 5 nitrogen and oxygen atoms in total. The van der Waals surface area contributed by atoms with E-state index in [1.165, 1.54) is 5.56 Å². The van der Waals surface area contributed by atoms with Crippen LogP contribution in [0.5, 0.6) is 0 Å². The summed E-state index contributed by atoms with van der Waals surface area (Å²) in [6.45, 7) is 3.55. The van der Waals surface area contributed by atoms with Crippen molar-refractivity contribution in [1.82, 2.24) is 9.80 Å². The van der Waals surface area contributed by atoms with E-state index >= 15 is 0 Å². The van der Waals surface area contributed by atoms with E-state index in [2.05, 4.69) is 11.0 Å². The first-order valence-electron chi connectivity index (χ1n) is 8.38. The van der Waals surface area contributed by atoms with Crippen molar-refractivity contribution in [2.45, 2.75) is 31.1 Å². The highest BCUT2D eigenvalue weighted by atomic mass is 35.5. The van der Waals surface area contributed by atoms with E-state index in [0.717, 1.165) is 37.5 Å². The largest absolute Gasteiger partial charge is 0.372 e. The van der Waals surface area contributed by atoms with Crippen LogP contribution in [0, 0.1) is 0 Å². The average Bonchev–Trinajstić information content (AvgIpc) is 2.51. The van der Waals surface area contributed by atoms with Crippen molar-refractivity contribution < 1.29 is 14.3 Å². The van der Waals surface area contributed by atoms with E-state index in [0.29, 0.717) is 6.61 Å². The standard InChI is InChI=1S/C18H25ClN2O3/c1-20(2)17(22)11-23-16-6-7-24-18(9-16)12-21(13-18)10-14-4-3-5-15(19)8-14/h3-5,8,16H,6-7,9-13H2,1-2H3/t16-/m1/s1. The molecule has 1 spiro atoms. The van der Waals surface area contributed by atoms with E-state index in [-0.39, 0.29) is 24.2 Å². The highest BCUT2D eigenvalue weighted by Crippen LogP contribution is 2.36. The molecule has 1 amide bonds. The van der Waals surface area contributed by atoms with E-state index < -0.39 is 0 Å². The number of likely N-dealkylation sites (N-methyl/N-ethyl adjacent to an activating group) is 1. The minimum Gasteiger partial charge on any atom is -0.372 e. The Balaban J connectivity index is 1.47. The molecule has 2 heterocycles. The monoisotopic (exact) mass is 352 g/mol. The maximum atomic E-state index is 11.7. The maximum Gasteiger partial charge on any atom is 0.248 e. The van der Waals surface area contributed by atoms with Gasteiger partial charge in [0.15, 0.2) is 0 Å². The number of nitrogens with zero attached hydrogens (tertiary/aromatic N) is 2. The van der Waals surface area contributed by atoms with Crippen LogP contribution in [0.3, 0.4) is 0 Å². The molecule has 0 unspecified atom stereocenters. The van der Waals surface area contributed by atoms with E-state index in [9.17, 15) is 4.79 Å². The van der Waals surface area contributed by atoms with Gasteiger partial charge in [0, 0.05) is 51.8 Å². The summed E-state index contributed by atoms with van der Waals surface area (Å²) in [7, 11) is 3.49. The molecule has 0 saturated carbocycles. The average molecular weight is 353 g/mol. The second kappa shape index (κ2) is 7.40. The molecule has 0 bridgehead atoms. The van der Waals surface area contributed by atoms with Crippen LogP contribution >= 0.6 is 11.6 Å². The summed E-state index contributed by atoms with van der Waals surface area (Å²) in [6, 6.07) is 7.98. The van der Waals surface area contributed by atoms with Gasteiger partial charge in [0.05, 0.1) is 11.7 Å². The van der Waals surface area contributed by atoms with Crippen LogP contribution in [0.2, 0.25) is 5.02 Å². The summed E-state index contributed by atoms with van der Waals surface area (Å²) >= 11 is 6.04. The summed E-state index contributed by atoms with van der Waals surface area (Å²) in [5.74, 6) is 0.00624. The lowest BCUT2D eigenvalue weighted by molar-refractivity contribution is -0.200. The molecular formula is C18H25ClN2O3. The Kier molecular flexibility index (Phi) is 5.45. The van der Waals surface area contributed by atoms with Crippen molar-refractivity contribution in [1.29, 1.82) is 0 Å². The summed E-state index contributed by atoms with van der Waals surface area (Å²) in [5, 5.41) is 0.774. The van der Waals surface area contributed by atoms with Crippen molar-refractivity contribution >= 4 is 17.5 Å². The minimum absolute atomic E-state index is 0.00624. The number of benzene rings is 1. The van der Waals surface area contributed by atoms with Gasteiger partial charge in [-0.25, -0.2) is 0 Å². The summed E-state index contributed by atoms with van der Waals surface area (Å²) < 4.78 is 11.8. The molecule has 0 aromatic heterocycles. The van der Waals surface area contributed by atoms with Gasteiger partial charge in [-0.15, -0.1) is 0 Å². The van der Waals surface area contributed by atoms with Crippen LogP contribution in [-0.2, 0) is 20.8 Å². The number of likely N-dealkylation sites (tertiary alicyclic amines) is 1. The van der Waals surface area contributed by atoms with Crippen LogP contribution in [-0.4, -0.2) is 67.8 Å². The zero-order valence-corrected chi connectivity index (χ0v) is 15.1. The number of hydrogen-bond acceptors (Lipinski definition) is 4. The van der Waals surface area contributed by atoms with Crippen LogP contribution in [0.25, 0.3) is 0 Å². The van der Waals surface area contributed by atoms with Crippen molar-refractivity contribution in [2.75, 3.05) is 40.4 Å².